The van der Waals surface area contributed by atoms with E-state index in [4.69, 9.17) is 5.73 Å². The molecule has 1 aromatic carbocycles. The van der Waals surface area contributed by atoms with Gasteiger partial charge in [0.1, 0.15) is 5.82 Å². The van der Waals surface area contributed by atoms with E-state index in [1.54, 1.807) is 0 Å². The number of amides is 1. The van der Waals surface area contributed by atoms with Gasteiger partial charge < -0.3 is 10.6 Å². The molecule has 2 rings (SSSR count). The van der Waals surface area contributed by atoms with Crippen LogP contribution in [0, 0.1) is 11.2 Å². The third-order valence-corrected chi connectivity index (χ3v) is 5.38. The lowest BCUT2D eigenvalue weighted by molar-refractivity contribution is -0.142. The first-order chi connectivity index (χ1) is 10.5. The number of nitrogens with two attached hydrogens (primary N) is 1. The molecular formula is C18H28ClFN2O. The molecule has 2 atom stereocenters. The van der Waals surface area contributed by atoms with Gasteiger partial charge in [-0.25, -0.2) is 4.39 Å². The molecule has 1 saturated heterocycles. The Labute approximate surface area is 144 Å². The Bertz CT molecular complexity index is 508. The van der Waals surface area contributed by atoms with Crippen LogP contribution >= 0.6 is 12.4 Å². The van der Waals surface area contributed by atoms with Crippen molar-refractivity contribution in [3.05, 3.63) is 35.6 Å². The molecule has 2 N–H and O–H groups in total. The van der Waals surface area contributed by atoms with Gasteiger partial charge in [0, 0.05) is 25.0 Å². The molecule has 1 fully saturated rings. The molecule has 1 aliphatic rings. The lowest BCUT2D eigenvalue weighted by atomic mass is 9.81. The number of hydrogen-bond acceptors (Lipinski definition) is 2. The van der Waals surface area contributed by atoms with Gasteiger partial charge in [-0.15, -0.1) is 12.4 Å². The SMILES string of the molecule is CCC(CC)(CN)C(=O)N1CC(c2ccc(F)cc2)CC1C.Cl. The zero-order valence-electron chi connectivity index (χ0n) is 14.2. The zero-order chi connectivity index (χ0) is 16.3. The minimum absolute atomic E-state index is 0. The lowest BCUT2D eigenvalue weighted by Gasteiger charge is -2.35. The van der Waals surface area contributed by atoms with E-state index in [0.717, 1.165) is 24.8 Å². The fourth-order valence-electron chi connectivity index (χ4n) is 3.52. The van der Waals surface area contributed by atoms with Gasteiger partial charge in [0.25, 0.3) is 0 Å². The van der Waals surface area contributed by atoms with Crippen LogP contribution < -0.4 is 5.73 Å². The average molecular weight is 343 g/mol. The van der Waals surface area contributed by atoms with Crippen molar-refractivity contribution >= 4 is 18.3 Å². The van der Waals surface area contributed by atoms with Crippen LogP contribution in [0.15, 0.2) is 24.3 Å². The van der Waals surface area contributed by atoms with Crippen molar-refractivity contribution < 1.29 is 9.18 Å². The monoisotopic (exact) mass is 342 g/mol. The summed E-state index contributed by atoms with van der Waals surface area (Å²) in [5.41, 5.74) is 6.58. The van der Waals surface area contributed by atoms with E-state index in [-0.39, 0.29) is 36.1 Å². The van der Waals surface area contributed by atoms with Gasteiger partial charge in [0.2, 0.25) is 5.91 Å². The molecule has 0 saturated carbocycles. The predicted molar refractivity (Wildman–Crippen MR) is 94.3 cm³/mol. The highest BCUT2D eigenvalue weighted by molar-refractivity contribution is 5.85. The summed E-state index contributed by atoms with van der Waals surface area (Å²) in [7, 11) is 0. The molecular weight excluding hydrogens is 315 g/mol. The maximum Gasteiger partial charge on any atom is 0.230 e. The largest absolute Gasteiger partial charge is 0.339 e. The molecule has 3 nitrogen and oxygen atoms in total. The quantitative estimate of drug-likeness (QED) is 0.886. The fraction of sp³-hybridized carbons (Fsp3) is 0.611. The van der Waals surface area contributed by atoms with E-state index in [2.05, 4.69) is 6.92 Å². The van der Waals surface area contributed by atoms with Crippen molar-refractivity contribution in [2.24, 2.45) is 11.1 Å². The van der Waals surface area contributed by atoms with Crippen LogP contribution in [0.5, 0.6) is 0 Å². The Morgan fingerprint density at radius 2 is 1.87 bits per heavy atom. The molecule has 130 valence electrons. The maximum absolute atomic E-state index is 13.1. The molecule has 1 aromatic rings. The number of hydrogen-bond donors (Lipinski definition) is 1. The summed E-state index contributed by atoms with van der Waals surface area (Å²) >= 11 is 0. The van der Waals surface area contributed by atoms with Crippen LogP contribution in [0.1, 0.15) is 51.5 Å². The van der Waals surface area contributed by atoms with E-state index in [1.807, 2.05) is 30.9 Å². The molecule has 0 spiro atoms. The second-order valence-corrected chi connectivity index (χ2v) is 6.48. The van der Waals surface area contributed by atoms with E-state index in [1.165, 1.54) is 12.1 Å². The third kappa shape index (κ3) is 3.86. The van der Waals surface area contributed by atoms with Gasteiger partial charge in [0.15, 0.2) is 0 Å². The Morgan fingerprint density at radius 1 is 1.30 bits per heavy atom. The Balaban J connectivity index is 0.00000264. The number of nitrogens with zero attached hydrogens (tertiary/aromatic N) is 1. The lowest BCUT2D eigenvalue weighted by Crippen LogP contribution is -2.48. The molecule has 1 amide bonds. The van der Waals surface area contributed by atoms with Crippen molar-refractivity contribution in [1.82, 2.24) is 4.90 Å². The minimum Gasteiger partial charge on any atom is -0.339 e. The molecule has 5 heteroatoms. The van der Waals surface area contributed by atoms with Crippen LogP contribution in [0.25, 0.3) is 0 Å². The van der Waals surface area contributed by atoms with Gasteiger partial charge in [-0.1, -0.05) is 26.0 Å². The molecule has 23 heavy (non-hydrogen) atoms. The van der Waals surface area contributed by atoms with Gasteiger partial charge >= 0.3 is 0 Å². The van der Waals surface area contributed by atoms with Crippen LogP contribution in [-0.4, -0.2) is 29.9 Å². The van der Waals surface area contributed by atoms with Gasteiger partial charge in [0.05, 0.1) is 5.41 Å². The van der Waals surface area contributed by atoms with Crippen molar-refractivity contribution in [2.45, 2.75) is 52.0 Å². The normalized spacial score (nSPS) is 21.2. The second-order valence-electron chi connectivity index (χ2n) is 6.48. The van der Waals surface area contributed by atoms with Crippen molar-refractivity contribution in [3.8, 4) is 0 Å². The highest BCUT2D eigenvalue weighted by atomic mass is 35.5. The van der Waals surface area contributed by atoms with Crippen LogP contribution in [0.4, 0.5) is 4.39 Å². The van der Waals surface area contributed by atoms with Crippen molar-refractivity contribution in [3.63, 3.8) is 0 Å². The van der Waals surface area contributed by atoms with Crippen LogP contribution in [-0.2, 0) is 4.79 Å². The third-order valence-electron chi connectivity index (χ3n) is 5.38. The standard InChI is InChI=1S/C18H27FN2O.ClH/c1-4-18(5-2,12-20)17(22)21-11-15(10-13(21)3)14-6-8-16(19)9-7-14;/h6-9,13,15H,4-5,10-12,20H2,1-3H3;1H. The summed E-state index contributed by atoms with van der Waals surface area (Å²) < 4.78 is 13.1. The van der Waals surface area contributed by atoms with Gasteiger partial charge in [-0.05, 0) is 43.9 Å². The summed E-state index contributed by atoms with van der Waals surface area (Å²) in [5.74, 6) is 0.239. The second kappa shape index (κ2) is 8.11. The van der Waals surface area contributed by atoms with E-state index < -0.39 is 5.41 Å². The molecule has 0 aliphatic carbocycles. The molecule has 0 radical (unpaired) electrons. The van der Waals surface area contributed by atoms with E-state index in [9.17, 15) is 9.18 Å². The predicted octanol–water partition coefficient (Wildman–Crippen LogP) is 3.72. The summed E-state index contributed by atoms with van der Waals surface area (Å²) in [4.78, 5) is 15.0. The Kier molecular flexibility index (Phi) is 7.02. The topological polar surface area (TPSA) is 46.3 Å². The molecule has 1 heterocycles. The maximum atomic E-state index is 13.1. The zero-order valence-corrected chi connectivity index (χ0v) is 15.0. The highest BCUT2D eigenvalue weighted by Crippen LogP contribution is 2.36. The summed E-state index contributed by atoms with van der Waals surface area (Å²) in [6.45, 7) is 7.25. The van der Waals surface area contributed by atoms with Crippen molar-refractivity contribution in [1.29, 1.82) is 0 Å². The Morgan fingerprint density at radius 3 is 2.35 bits per heavy atom. The fourth-order valence-corrected chi connectivity index (χ4v) is 3.52. The summed E-state index contributed by atoms with van der Waals surface area (Å²) in [5, 5.41) is 0. The number of carbonyl (C=O) groups excluding carboxylic acids is 1. The van der Waals surface area contributed by atoms with Crippen LogP contribution in [0.3, 0.4) is 0 Å². The first kappa shape index (κ1) is 19.9. The Hall–Kier alpha value is -1.13. The number of benzene rings is 1. The number of likely N-dealkylation sites (tertiary alicyclic amines) is 1. The first-order valence-corrected chi connectivity index (χ1v) is 8.24. The first-order valence-electron chi connectivity index (χ1n) is 8.24. The molecule has 0 bridgehead atoms. The number of halogens is 2. The van der Waals surface area contributed by atoms with Crippen LogP contribution in [0.2, 0.25) is 0 Å². The average Bonchev–Trinajstić information content (AvgIpc) is 2.92. The minimum atomic E-state index is -0.439. The van der Waals surface area contributed by atoms with Gasteiger partial charge in [-0.3, -0.25) is 4.79 Å². The molecule has 2 unspecified atom stereocenters. The van der Waals surface area contributed by atoms with E-state index >= 15 is 0 Å². The molecule has 1 aliphatic heterocycles. The number of carbonyl (C=O) groups is 1. The van der Waals surface area contributed by atoms with E-state index in [0.29, 0.717) is 13.1 Å². The number of rotatable bonds is 5. The summed E-state index contributed by atoms with van der Waals surface area (Å²) in [6.07, 6.45) is 2.46. The highest BCUT2D eigenvalue weighted by Gasteiger charge is 2.42. The molecule has 0 aromatic heterocycles. The van der Waals surface area contributed by atoms with Gasteiger partial charge in [-0.2, -0.15) is 0 Å². The smallest absolute Gasteiger partial charge is 0.230 e. The summed E-state index contributed by atoms with van der Waals surface area (Å²) in [6, 6.07) is 6.85. The van der Waals surface area contributed by atoms with Crippen molar-refractivity contribution in [2.75, 3.05) is 13.1 Å².